The average molecular weight is 278 g/mol. The van der Waals surface area contributed by atoms with Crippen molar-refractivity contribution < 1.29 is 9.59 Å². The van der Waals surface area contributed by atoms with Gasteiger partial charge in [-0.05, 0) is 12.5 Å². The van der Waals surface area contributed by atoms with Crippen molar-refractivity contribution >= 4 is 11.8 Å². The molecule has 0 aliphatic carbocycles. The standard InChI is InChI=1S/C13H18N4O3/c14-11(18)9-16-5-2-6-17(8-7-16)13(20)10-3-1-4-12(19)15-10/h1,3-4H,2,5-9H2,(H2,14,18)(H,15,19). The van der Waals surface area contributed by atoms with E-state index in [4.69, 9.17) is 5.73 Å². The van der Waals surface area contributed by atoms with Gasteiger partial charge in [0, 0.05) is 32.2 Å². The second-order valence-corrected chi connectivity index (χ2v) is 4.82. The van der Waals surface area contributed by atoms with Crippen molar-refractivity contribution in [2.45, 2.75) is 6.42 Å². The second kappa shape index (κ2) is 6.33. The molecule has 2 heterocycles. The van der Waals surface area contributed by atoms with Gasteiger partial charge in [0.25, 0.3) is 5.91 Å². The first-order valence-electron chi connectivity index (χ1n) is 6.55. The minimum absolute atomic E-state index is 0.191. The first-order chi connectivity index (χ1) is 9.56. The highest BCUT2D eigenvalue weighted by atomic mass is 16.2. The molecule has 1 fully saturated rings. The van der Waals surface area contributed by atoms with Crippen LogP contribution in [0.4, 0.5) is 0 Å². The number of carbonyl (C=O) groups excluding carboxylic acids is 2. The van der Waals surface area contributed by atoms with Gasteiger partial charge in [-0.1, -0.05) is 6.07 Å². The number of pyridine rings is 1. The molecule has 0 atom stereocenters. The van der Waals surface area contributed by atoms with E-state index in [0.717, 1.165) is 13.0 Å². The predicted molar refractivity (Wildman–Crippen MR) is 73.2 cm³/mol. The molecular weight excluding hydrogens is 260 g/mol. The number of amides is 2. The normalized spacial score (nSPS) is 16.7. The molecule has 7 nitrogen and oxygen atoms in total. The van der Waals surface area contributed by atoms with Crippen LogP contribution < -0.4 is 11.3 Å². The summed E-state index contributed by atoms with van der Waals surface area (Å²) in [5.74, 6) is -0.555. The van der Waals surface area contributed by atoms with Gasteiger partial charge in [0.05, 0.1) is 6.54 Å². The monoisotopic (exact) mass is 278 g/mol. The summed E-state index contributed by atoms with van der Waals surface area (Å²) in [6, 6.07) is 4.52. The number of carbonyl (C=O) groups is 2. The Bertz CT molecular complexity index is 555. The Hall–Kier alpha value is -2.15. The van der Waals surface area contributed by atoms with Crippen LogP contribution in [0.15, 0.2) is 23.0 Å². The minimum atomic E-state index is -0.364. The molecular formula is C13H18N4O3. The number of nitrogens with zero attached hydrogens (tertiary/aromatic N) is 2. The number of aromatic nitrogens is 1. The zero-order valence-corrected chi connectivity index (χ0v) is 11.2. The molecule has 0 spiro atoms. The highest BCUT2D eigenvalue weighted by Gasteiger charge is 2.21. The van der Waals surface area contributed by atoms with E-state index in [9.17, 15) is 14.4 Å². The molecule has 1 aliphatic rings. The molecule has 0 unspecified atom stereocenters. The van der Waals surface area contributed by atoms with Crippen molar-refractivity contribution in [3.8, 4) is 0 Å². The Morgan fingerprint density at radius 2 is 2.00 bits per heavy atom. The highest BCUT2D eigenvalue weighted by Crippen LogP contribution is 2.06. The minimum Gasteiger partial charge on any atom is -0.369 e. The predicted octanol–water partition coefficient (Wildman–Crippen LogP) is -0.992. The van der Waals surface area contributed by atoms with Crippen molar-refractivity contribution in [3.05, 3.63) is 34.2 Å². The first kappa shape index (κ1) is 14.3. The fraction of sp³-hybridized carbons (Fsp3) is 0.462. The van der Waals surface area contributed by atoms with Crippen LogP contribution in [-0.4, -0.2) is 59.3 Å². The first-order valence-corrected chi connectivity index (χ1v) is 6.55. The zero-order valence-electron chi connectivity index (χ0n) is 11.2. The van der Waals surface area contributed by atoms with Crippen molar-refractivity contribution in [3.63, 3.8) is 0 Å². The Balaban J connectivity index is 2.01. The van der Waals surface area contributed by atoms with E-state index in [2.05, 4.69) is 4.98 Å². The lowest BCUT2D eigenvalue weighted by atomic mass is 10.3. The van der Waals surface area contributed by atoms with Gasteiger partial charge in [-0.15, -0.1) is 0 Å². The SMILES string of the molecule is NC(=O)CN1CCCN(C(=O)c2cccc(=O)[nH]2)CC1. The Labute approximate surface area is 116 Å². The molecule has 2 rings (SSSR count). The zero-order chi connectivity index (χ0) is 14.5. The lowest BCUT2D eigenvalue weighted by Crippen LogP contribution is -2.38. The molecule has 1 aromatic heterocycles. The van der Waals surface area contributed by atoms with Gasteiger partial charge in [0.15, 0.2) is 0 Å². The summed E-state index contributed by atoms with van der Waals surface area (Å²) in [5, 5.41) is 0. The molecule has 7 heteroatoms. The van der Waals surface area contributed by atoms with E-state index in [-0.39, 0.29) is 23.9 Å². The van der Waals surface area contributed by atoms with Crippen LogP contribution in [0.25, 0.3) is 0 Å². The summed E-state index contributed by atoms with van der Waals surface area (Å²) < 4.78 is 0. The third-order valence-corrected chi connectivity index (χ3v) is 3.25. The van der Waals surface area contributed by atoms with Gasteiger partial charge in [-0.2, -0.15) is 0 Å². The van der Waals surface area contributed by atoms with E-state index in [1.807, 2.05) is 4.90 Å². The molecule has 2 amide bonds. The summed E-state index contributed by atoms with van der Waals surface area (Å²) in [4.78, 5) is 40.6. The van der Waals surface area contributed by atoms with E-state index in [1.165, 1.54) is 6.07 Å². The van der Waals surface area contributed by atoms with Gasteiger partial charge in [0.1, 0.15) is 5.69 Å². The Kier molecular flexibility index (Phi) is 4.52. The number of aromatic amines is 1. The average Bonchev–Trinajstić information content (AvgIpc) is 2.63. The maximum Gasteiger partial charge on any atom is 0.270 e. The number of rotatable bonds is 3. The van der Waals surface area contributed by atoms with Crippen LogP contribution in [0.2, 0.25) is 0 Å². The Morgan fingerprint density at radius 1 is 1.20 bits per heavy atom. The van der Waals surface area contributed by atoms with Gasteiger partial charge in [0.2, 0.25) is 11.5 Å². The van der Waals surface area contributed by atoms with Crippen molar-refractivity contribution in [2.24, 2.45) is 5.73 Å². The quantitative estimate of drug-likeness (QED) is 0.741. The second-order valence-electron chi connectivity index (χ2n) is 4.82. The van der Waals surface area contributed by atoms with E-state index >= 15 is 0 Å². The third-order valence-electron chi connectivity index (χ3n) is 3.25. The van der Waals surface area contributed by atoms with Crippen molar-refractivity contribution in [2.75, 3.05) is 32.7 Å². The van der Waals surface area contributed by atoms with Gasteiger partial charge in [-0.25, -0.2) is 0 Å². The van der Waals surface area contributed by atoms with Crippen molar-refractivity contribution in [1.29, 1.82) is 0 Å². The summed E-state index contributed by atoms with van der Waals surface area (Å²) in [6.07, 6.45) is 0.774. The third kappa shape index (κ3) is 3.67. The fourth-order valence-electron chi connectivity index (χ4n) is 2.30. The number of primary amides is 1. The largest absolute Gasteiger partial charge is 0.369 e. The molecule has 0 aromatic carbocycles. The number of nitrogens with two attached hydrogens (primary N) is 1. The molecule has 1 saturated heterocycles. The fourth-order valence-corrected chi connectivity index (χ4v) is 2.30. The lowest BCUT2D eigenvalue weighted by molar-refractivity contribution is -0.119. The number of hydrogen-bond donors (Lipinski definition) is 2. The molecule has 0 bridgehead atoms. The Morgan fingerprint density at radius 3 is 2.70 bits per heavy atom. The van der Waals surface area contributed by atoms with Crippen LogP contribution in [0.5, 0.6) is 0 Å². The summed E-state index contributed by atoms with van der Waals surface area (Å²) in [7, 11) is 0. The molecule has 1 aliphatic heterocycles. The smallest absolute Gasteiger partial charge is 0.270 e. The molecule has 108 valence electrons. The van der Waals surface area contributed by atoms with Gasteiger partial charge < -0.3 is 15.6 Å². The summed E-state index contributed by atoms with van der Waals surface area (Å²) in [6.45, 7) is 2.67. The van der Waals surface area contributed by atoms with Gasteiger partial charge in [-0.3, -0.25) is 19.3 Å². The number of nitrogens with one attached hydrogen (secondary N) is 1. The van der Waals surface area contributed by atoms with Crippen molar-refractivity contribution in [1.82, 2.24) is 14.8 Å². The van der Waals surface area contributed by atoms with E-state index in [0.29, 0.717) is 25.3 Å². The number of hydrogen-bond acceptors (Lipinski definition) is 4. The van der Waals surface area contributed by atoms with E-state index in [1.54, 1.807) is 17.0 Å². The van der Waals surface area contributed by atoms with Crippen LogP contribution >= 0.6 is 0 Å². The van der Waals surface area contributed by atoms with Crippen LogP contribution in [-0.2, 0) is 4.79 Å². The number of H-pyrrole nitrogens is 1. The molecule has 0 radical (unpaired) electrons. The topological polar surface area (TPSA) is 99.5 Å². The van der Waals surface area contributed by atoms with Crippen LogP contribution in [0.1, 0.15) is 16.9 Å². The molecule has 3 N–H and O–H groups in total. The summed E-state index contributed by atoms with van der Waals surface area (Å²) >= 11 is 0. The summed E-state index contributed by atoms with van der Waals surface area (Å²) in [5.41, 5.74) is 5.18. The van der Waals surface area contributed by atoms with Crippen LogP contribution in [0, 0.1) is 0 Å². The van der Waals surface area contributed by atoms with Gasteiger partial charge >= 0.3 is 0 Å². The molecule has 0 saturated carbocycles. The molecule has 20 heavy (non-hydrogen) atoms. The lowest BCUT2D eigenvalue weighted by Gasteiger charge is -2.21. The maximum atomic E-state index is 12.3. The molecule has 1 aromatic rings. The van der Waals surface area contributed by atoms with E-state index < -0.39 is 0 Å². The van der Waals surface area contributed by atoms with Crippen LogP contribution in [0.3, 0.4) is 0 Å². The highest BCUT2D eigenvalue weighted by molar-refractivity contribution is 5.92. The maximum absolute atomic E-state index is 12.3.